The maximum Gasteiger partial charge on any atom is 0.223 e. The summed E-state index contributed by atoms with van der Waals surface area (Å²) in [6.45, 7) is 0.861. The predicted octanol–water partition coefficient (Wildman–Crippen LogP) is 0.253. The zero-order chi connectivity index (χ0) is 11.1. The zero-order valence-corrected chi connectivity index (χ0v) is 9.89. The Morgan fingerprint density at radius 2 is 2.53 bits per heavy atom. The van der Waals surface area contributed by atoms with Crippen molar-refractivity contribution in [2.24, 2.45) is 5.92 Å². The molecule has 1 heterocycles. The Balaban J connectivity index is 2.06. The third kappa shape index (κ3) is 4.86. The van der Waals surface area contributed by atoms with Gasteiger partial charge in [0.05, 0.1) is 12.7 Å². The first-order valence-electron chi connectivity index (χ1n) is 5.26. The lowest BCUT2D eigenvalue weighted by Crippen LogP contribution is -2.33. The van der Waals surface area contributed by atoms with E-state index < -0.39 is 6.10 Å². The van der Waals surface area contributed by atoms with Crippen molar-refractivity contribution in [3.05, 3.63) is 0 Å². The number of ether oxygens (including phenoxy) is 1. The van der Waals surface area contributed by atoms with Crippen LogP contribution in [0.25, 0.3) is 0 Å². The van der Waals surface area contributed by atoms with E-state index in [1.54, 1.807) is 7.11 Å². The summed E-state index contributed by atoms with van der Waals surface area (Å²) in [5.74, 6) is 2.33. The van der Waals surface area contributed by atoms with E-state index in [-0.39, 0.29) is 11.8 Å². The van der Waals surface area contributed by atoms with Gasteiger partial charge in [-0.3, -0.25) is 4.79 Å². The highest BCUT2D eigenvalue weighted by Crippen LogP contribution is 2.23. The van der Waals surface area contributed by atoms with Crippen molar-refractivity contribution in [1.82, 2.24) is 5.32 Å². The first-order valence-corrected chi connectivity index (χ1v) is 6.42. The molecule has 2 unspecified atom stereocenters. The van der Waals surface area contributed by atoms with E-state index in [9.17, 15) is 9.90 Å². The second-order valence-electron chi connectivity index (χ2n) is 3.75. The van der Waals surface area contributed by atoms with E-state index in [1.165, 1.54) is 0 Å². The molecule has 1 saturated heterocycles. The Bertz CT molecular complexity index is 195. The van der Waals surface area contributed by atoms with E-state index in [2.05, 4.69) is 5.32 Å². The van der Waals surface area contributed by atoms with Crippen LogP contribution in [-0.4, -0.2) is 48.9 Å². The molecule has 0 saturated carbocycles. The van der Waals surface area contributed by atoms with Crippen LogP contribution in [-0.2, 0) is 9.53 Å². The van der Waals surface area contributed by atoms with E-state index in [0.717, 1.165) is 17.9 Å². The molecular formula is C10H19NO3S. The zero-order valence-electron chi connectivity index (χ0n) is 9.07. The summed E-state index contributed by atoms with van der Waals surface area (Å²) in [6.07, 6.45) is 1.06. The SMILES string of the molecule is COCC(O)CCNC(=O)C1CCSC1. The normalized spacial score (nSPS) is 22.7. The summed E-state index contributed by atoms with van der Waals surface area (Å²) < 4.78 is 4.79. The molecule has 1 amide bonds. The molecule has 4 nitrogen and oxygen atoms in total. The second-order valence-corrected chi connectivity index (χ2v) is 4.90. The fraction of sp³-hybridized carbons (Fsp3) is 0.900. The average Bonchev–Trinajstić information content (AvgIpc) is 2.70. The van der Waals surface area contributed by atoms with E-state index in [0.29, 0.717) is 19.6 Å². The number of amides is 1. The van der Waals surface area contributed by atoms with Gasteiger partial charge in [0.15, 0.2) is 0 Å². The van der Waals surface area contributed by atoms with E-state index in [1.807, 2.05) is 11.8 Å². The maximum absolute atomic E-state index is 11.5. The van der Waals surface area contributed by atoms with Crippen LogP contribution in [0.3, 0.4) is 0 Å². The number of hydrogen-bond donors (Lipinski definition) is 2. The highest BCUT2D eigenvalue weighted by Gasteiger charge is 2.22. The standard InChI is InChI=1S/C10H19NO3S/c1-14-6-9(12)2-4-11-10(13)8-3-5-15-7-8/h8-9,12H,2-7H2,1H3,(H,11,13). The van der Waals surface area contributed by atoms with Gasteiger partial charge in [-0.15, -0.1) is 0 Å². The molecule has 1 aliphatic rings. The Morgan fingerprint density at radius 1 is 1.73 bits per heavy atom. The van der Waals surface area contributed by atoms with Gasteiger partial charge < -0.3 is 15.2 Å². The summed E-state index contributed by atoms with van der Waals surface area (Å²) in [7, 11) is 1.55. The summed E-state index contributed by atoms with van der Waals surface area (Å²) >= 11 is 1.83. The lowest BCUT2D eigenvalue weighted by Gasteiger charge is -2.12. The van der Waals surface area contributed by atoms with Crippen LogP contribution >= 0.6 is 11.8 Å². The maximum atomic E-state index is 11.5. The quantitative estimate of drug-likeness (QED) is 0.690. The van der Waals surface area contributed by atoms with Crippen LogP contribution in [0.15, 0.2) is 0 Å². The number of nitrogens with one attached hydrogen (secondary N) is 1. The van der Waals surface area contributed by atoms with Crippen LogP contribution in [0, 0.1) is 5.92 Å². The first-order chi connectivity index (χ1) is 7.24. The number of methoxy groups -OCH3 is 1. The van der Waals surface area contributed by atoms with Crippen LogP contribution in [0.5, 0.6) is 0 Å². The summed E-state index contributed by atoms with van der Waals surface area (Å²) in [6, 6.07) is 0. The number of carbonyl (C=O) groups excluding carboxylic acids is 1. The van der Waals surface area contributed by atoms with Gasteiger partial charge in [-0.1, -0.05) is 0 Å². The third-order valence-electron chi connectivity index (χ3n) is 2.44. The molecule has 1 aliphatic heterocycles. The molecule has 0 radical (unpaired) electrons. The minimum absolute atomic E-state index is 0.129. The number of carbonyl (C=O) groups is 1. The third-order valence-corrected chi connectivity index (χ3v) is 3.60. The van der Waals surface area contributed by atoms with Crippen LogP contribution < -0.4 is 5.32 Å². The molecular weight excluding hydrogens is 214 g/mol. The van der Waals surface area contributed by atoms with Crippen molar-refractivity contribution in [1.29, 1.82) is 0 Å². The molecule has 15 heavy (non-hydrogen) atoms. The molecule has 88 valence electrons. The van der Waals surface area contributed by atoms with Crippen molar-refractivity contribution in [2.75, 3.05) is 31.8 Å². The molecule has 0 aromatic rings. The van der Waals surface area contributed by atoms with Gasteiger partial charge in [-0.25, -0.2) is 0 Å². The van der Waals surface area contributed by atoms with Gasteiger partial charge in [0.1, 0.15) is 0 Å². The van der Waals surface area contributed by atoms with Gasteiger partial charge in [0.25, 0.3) is 0 Å². The number of hydrogen-bond acceptors (Lipinski definition) is 4. The van der Waals surface area contributed by atoms with Crippen molar-refractivity contribution >= 4 is 17.7 Å². The lowest BCUT2D eigenvalue weighted by molar-refractivity contribution is -0.124. The van der Waals surface area contributed by atoms with Crippen LogP contribution in [0.1, 0.15) is 12.8 Å². The van der Waals surface area contributed by atoms with Crippen molar-refractivity contribution < 1.29 is 14.6 Å². The monoisotopic (exact) mass is 233 g/mol. The lowest BCUT2D eigenvalue weighted by atomic mass is 10.1. The molecule has 2 atom stereocenters. The Hall–Kier alpha value is -0.260. The number of aliphatic hydroxyl groups excluding tert-OH is 1. The van der Waals surface area contributed by atoms with Gasteiger partial charge in [0, 0.05) is 25.3 Å². The number of thioether (sulfide) groups is 1. The molecule has 0 aromatic heterocycles. The van der Waals surface area contributed by atoms with Gasteiger partial charge in [-0.05, 0) is 18.6 Å². The fourth-order valence-corrected chi connectivity index (χ4v) is 2.74. The van der Waals surface area contributed by atoms with E-state index >= 15 is 0 Å². The van der Waals surface area contributed by atoms with Crippen LogP contribution in [0.2, 0.25) is 0 Å². The topological polar surface area (TPSA) is 58.6 Å². The summed E-state index contributed by atoms with van der Waals surface area (Å²) in [4.78, 5) is 11.5. The van der Waals surface area contributed by atoms with Gasteiger partial charge in [-0.2, -0.15) is 11.8 Å². The average molecular weight is 233 g/mol. The van der Waals surface area contributed by atoms with E-state index in [4.69, 9.17) is 4.74 Å². The second kappa shape index (κ2) is 7.09. The molecule has 5 heteroatoms. The number of rotatable bonds is 6. The summed E-state index contributed by atoms with van der Waals surface area (Å²) in [5.41, 5.74) is 0. The van der Waals surface area contributed by atoms with Gasteiger partial charge >= 0.3 is 0 Å². The fourth-order valence-electron chi connectivity index (χ4n) is 1.52. The molecule has 0 aliphatic carbocycles. The number of aliphatic hydroxyl groups is 1. The van der Waals surface area contributed by atoms with Crippen molar-refractivity contribution in [3.63, 3.8) is 0 Å². The molecule has 1 fully saturated rings. The van der Waals surface area contributed by atoms with Crippen molar-refractivity contribution in [3.8, 4) is 0 Å². The largest absolute Gasteiger partial charge is 0.391 e. The smallest absolute Gasteiger partial charge is 0.223 e. The Labute approximate surface area is 94.8 Å². The van der Waals surface area contributed by atoms with Crippen molar-refractivity contribution in [2.45, 2.75) is 18.9 Å². The highest BCUT2D eigenvalue weighted by molar-refractivity contribution is 7.99. The molecule has 2 N–H and O–H groups in total. The molecule has 0 aromatic carbocycles. The van der Waals surface area contributed by atoms with Crippen LogP contribution in [0.4, 0.5) is 0 Å². The first kappa shape index (κ1) is 12.8. The predicted molar refractivity (Wildman–Crippen MR) is 60.9 cm³/mol. The molecule has 0 spiro atoms. The minimum atomic E-state index is -0.478. The highest BCUT2D eigenvalue weighted by atomic mass is 32.2. The summed E-state index contributed by atoms with van der Waals surface area (Å²) in [5, 5.41) is 12.2. The minimum Gasteiger partial charge on any atom is -0.391 e. The Morgan fingerprint density at radius 3 is 3.13 bits per heavy atom. The Kier molecular flexibility index (Phi) is 6.05. The molecule has 0 bridgehead atoms. The molecule has 1 rings (SSSR count). The van der Waals surface area contributed by atoms with Gasteiger partial charge in [0.2, 0.25) is 5.91 Å².